The number of benzene rings is 2. The summed E-state index contributed by atoms with van der Waals surface area (Å²) < 4.78 is 41.7. The first-order chi connectivity index (χ1) is 18.2. The van der Waals surface area contributed by atoms with Gasteiger partial charge in [0.15, 0.2) is 0 Å². The lowest BCUT2D eigenvalue weighted by atomic mass is 9.99. The van der Waals surface area contributed by atoms with E-state index in [2.05, 4.69) is 24.5 Å². The number of rotatable bonds is 6. The van der Waals surface area contributed by atoms with E-state index in [1.165, 1.54) is 12.4 Å². The molecule has 0 saturated carbocycles. The van der Waals surface area contributed by atoms with Crippen LogP contribution in [-0.2, 0) is 21.2 Å². The molecular weight excluding hydrogens is 507 g/mol. The van der Waals surface area contributed by atoms with Crippen LogP contribution in [0.3, 0.4) is 0 Å². The summed E-state index contributed by atoms with van der Waals surface area (Å²) in [5.74, 6) is 0.0366. The van der Waals surface area contributed by atoms with Gasteiger partial charge < -0.3 is 14.7 Å². The molecular formula is C27H31FN6O3S. The quantitative estimate of drug-likeness (QED) is 0.515. The van der Waals surface area contributed by atoms with E-state index >= 15 is 0 Å². The van der Waals surface area contributed by atoms with Gasteiger partial charge in [0, 0.05) is 55.9 Å². The zero-order chi connectivity index (χ0) is 26.9. The highest BCUT2D eigenvalue weighted by molar-refractivity contribution is 7.92. The lowest BCUT2D eigenvalue weighted by Gasteiger charge is -2.41. The number of aromatic nitrogens is 2. The zero-order valence-electron chi connectivity index (χ0n) is 21.5. The van der Waals surface area contributed by atoms with Gasteiger partial charge in [-0.2, -0.15) is 0 Å². The Bertz CT molecular complexity index is 1420. The second-order valence-corrected chi connectivity index (χ2v) is 11.4. The Morgan fingerprint density at radius 3 is 2.45 bits per heavy atom. The van der Waals surface area contributed by atoms with Gasteiger partial charge in [-0.25, -0.2) is 22.8 Å². The van der Waals surface area contributed by atoms with Crippen molar-refractivity contribution in [3.63, 3.8) is 0 Å². The summed E-state index contributed by atoms with van der Waals surface area (Å²) in [6.45, 7) is 6.88. The van der Waals surface area contributed by atoms with E-state index in [4.69, 9.17) is 0 Å². The van der Waals surface area contributed by atoms with Crippen LogP contribution in [0.4, 0.5) is 21.6 Å². The first-order valence-electron chi connectivity index (χ1n) is 12.7. The molecule has 0 bridgehead atoms. The van der Waals surface area contributed by atoms with E-state index in [-0.39, 0.29) is 28.5 Å². The second-order valence-electron chi connectivity index (χ2n) is 9.70. The molecule has 38 heavy (non-hydrogen) atoms. The van der Waals surface area contributed by atoms with Crippen molar-refractivity contribution >= 4 is 33.1 Å². The van der Waals surface area contributed by atoms with E-state index in [0.29, 0.717) is 31.9 Å². The van der Waals surface area contributed by atoms with Gasteiger partial charge in [-0.3, -0.25) is 9.52 Å². The molecule has 2 aliphatic rings. The monoisotopic (exact) mass is 538 g/mol. The van der Waals surface area contributed by atoms with Crippen molar-refractivity contribution in [2.45, 2.75) is 37.6 Å². The SMILES string of the molecule is Cc1cc(NS(=O)(=O)c2ccc(N3CCN(C(=O)[C@H](C)N4CCCc5cc(F)ccc54)CC3)cc2)ncn1. The number of halogens is 1. The molecule has 0 aliphatic carbocycles. The molecule has 0 spiro atoms. The lowest BCUT2D eigenvalue weighted by Crippen LogP contribution is -2.55. The molecule has 9 nitrogen and oxygen atoms in total. The molecule has 200 valence electrons. The Morgan fingerprint density at radius 2 is 1.74 bits per heavy atom. The Kier molecular flexibility index (Phi) is 7.20. The predicted molar refractivity (Wildman–Crippen MR) is 144 cm³/mol. The molecule has 11 heteroatoms. The summed E-state index contributed by atoms with van der Waals surface area (Å²) in [6, 6.07) is 12.7. The fourth-order valence-electron chi connectivity index (χ4n) is 5.12. The third-order valence-electron chi connectivity index (χ3n) is 7.17. The number of hydrogen-bond donors (Lipinski definition) is 1. The van der Waals surface area contributed by atoms with Crippen LogP contribution >= 0.6 is 0 Å². The number of hydrogen-bond acceptors (Lipinski definition) is 7. The number of carbonyl (C=O) groups excluding carboxylic acids is 1. The maximum absolute atomic E-state index is 13.7. The van der Waals surface area contributed by atoms with E-state index in [0.717, 1.165) is 36.3 Å². The summed E-state index contributed by atoms with van der Waals surface area (Å²) in [7, 11) is -3.78. The van der Waals surface area contributed by atoms with Crippen molar-refractivity contribution in [3.05, 3.63) is 71.9 Å². The number of carbonyl (C=O) groups is 1. The number of anilines is 3. The van der Waals surface area contributed by atoms with Gasteiger partial charge in [0.2, 0.25) is 5.91 Å². The van der Waals surface area contributed by atoms with E-state index in [1.54, 1.807) is 49.4 Å². The van der Waals surface area contributed by atoms with Crippen LogP contribution in [0.15, 0.2) is 59.8 Å². The summed E-state index contributed by atoms with van der Waals surface area (Å²) in [5, 5.41) is 0. The van der Waals surface area contributed by atoms with Crippen molar-refractivity contribution < 1.29 is 17.6 Å². The van der Waals surface area contributed by atoms with Gasteiger partial charge >= 0.3 is 0 Å². The molecule has 1 amide bonds. The van der Waals surface area contributed by atoms with Gasteiger partial charge in [0.05, 0.1) is 4.90 Å². The Balaban J connectivity index is 1.19. The van der Waals surface area contributed by atoms with Gasteiger partial charge in [0.1, 0.15) is 24.0 Å². The van der Waals surface area contributed by atoms with Gasteiger partial charge in [-0.1, -0.05) is 0 Å². The Hall–Kier alpha value is -3.73. The van der Waals surface area contributed by atoms with E-state index < -0.39 is 10.0 Å². The maximum Gasteiger partial charge on any atom is 0.263 e. The number of piperazine rings is 1. The van der Waals surface area contributed by atoms with Crippen molar-refractivity contribution in [2.75, 3.05) is 47.2 Å². The van der Waals surface area contributed by atoms with Crippen LogP contribution in [0.2, 0.25) is 0 Å². The van der Waals surface area contributed by atoms with E-state index in [9.17, 15) is 17.6 Å². The number of aryl methyl sites for hydroxylation is 2. The molecule has 5 rings (SSSR count). The fourth-order valence-corrected chi connectivity index (χ4v) is 6.12. The minimum Gasteiger partial charge on any atom is -0.368 e. The molecule has 1 fully saturated rings. The number of nitrogens with one attached hydrogen (secondary N) is 1. The number of amides is 1. The van der Waals surface area contributed by atoms with Gasteiger partial charge in [0.25, 0.3) is 10.0 Å². The molecule has 1 aromatic heterocycles. The predicted octanol–water partition coefficient (Wildman–Crippen LogP) is 3.21. The normalized spacial score (nSPS) is 16.7. The third-order valence-corrected chi connectivity index (χ3v) is 8.54. The lowest BCUT2D eigenvalue weighted by molar-refractivity contribution is -0.132. The molecule has 3 aromatic rings. The summed E-state index contributed by atoms with van der Waals surface area (Å²) >= 11 is 0. The molecule has 0 radical (unpaired) electrons. The van der Waals surface area contributed by atoms with Crippen LogP contribution in [-0.4, -0.2) is 68.0 Å². The molecule has 0 unspecified atom stereocenters. The molecule has 2 aromatic carbocycles. The van der Waals surface area contributed by atoms with Crippen LogP contribution in [0.1, 0.15) is 24.6 Å². The molecule has 1 saturated heterocycles. The second kappa shape index (κ2) is 10.6. The van der Waals surface area contributed by atoms with E-state index in [1.807, 2.05) is 11.8 Å². The number of sulfonamides is 1. The summed E-state index contributed by atoms with van der Waals surface area (Å²) in [6.07, 6.45) is 3.02. The molecule has 2 aliphatic heterocycles. The fraction of sp³-hybridized carbons (Fsp3) is 0.370. The highest BCUT2D eigenvalue weighted by atomic mass is 32.2. The Labute approximate surface area is 222 Å². The van der Waals surface area contributed by atoms with Gasteiger partial charge in [-0.15, -0.1) is 0 Å². The first kappa shape index (κ1) is 25.9. The number of nitrogens with zero attached hydrogens (tertiary/aromatic N) is 5. The topological polar surface area (TPSA) is 98.7 Å². The minimum atomic E-state index is -3.78. The van der Waals surface area contributed by atoms with Gasteiger partial charge in [-0.05, 0) is 74.7 Å². The van der Waals surface area contributed by atoms with Crippen molar-refractivity contribution in [1.29, 1.82) is 0 Å². The van der Waals surface area contributed by atoms with Crippen molar-refractivity contribution in [3.8, 4) is 0 Å². The molecule has 1 N–H and O–H groups in total. The first-order valence-corrected chi connectivity index (χ1v) is 14.2. The summed E-state index contributed by atoms with van der Waals surface area (Å²) in [5.41, 5.74) is 3.45. The average molecular weight is 539 g/mol. The maximum atomic E-state index is 13.7. The summed E-state index contributed by atoms with van der Waals surface area (Å²) in [4.78, 5) is 27.5. The zero-order valence-corrected chi connectivity index (χ0v) is 22.3. The molecule has 1 atom stereocenters. The van der Waals surface area contributed by atoms with Crippen LogP contribution < -0.4 is 14.5 Å². The number of fused-ring (bicyclic) bond motifs is 1. The largest absolute Gasteiger partial charge is 0.368 e. The molecule has 3 heterocycles. The third kappa shape index (κ3) is 5.42. The standard InChI is InChI=1S/C27H31FN6O3S/c1-19-16-26(30-18-29-19)31-38(36,37)24-8-6-23(7-9-24)32-12-14-33(15-13-32)27(35)20(2)34-11-3-4-21-17-22(28)5-10-25(21)34/h5-10,16-18,20H,3-4,11-15H2,1-2H3,(H,29,30,31)/t20-/m0/s1. The van der Waals surface area contributed by atoms with Crippen molar-refractivity contribution in [2.24, 2.45) is 0 Å². The highest BCUT2D eigenvalue weighted by Gasteiger charge is 2.31. The van der Waals surface area contributed by atoms with Crippen LogP contribution in [0.25, 0.3) is 0 Å². The average Bonchev–Trinajstić information content (AvgIpc) is 2.91. The smallest absolute Gasteiger partial charge is 0.263 e. The van der Waals surface area contributed by atoms with Crippen molar-refractivity contribution in [1.82, 2.24) is 14.9 Å². The Morgan fingerprint density at radius 1 is 1.00 bits per heavy atom. The van der Waals surface area contributed by atoms with Crippen LogP contribution in [0.5, 0.6) is 0 Å². The van der Waals surface area contributed by atoms with Crippen LogP contribution in [0, 0.1) is 12.7 Å². The minimum absolute atomic E-state index is 0.0642. The highest BCUT2D eigenvalue weighted by Crippen LogP contribution is 2.30.